The fourth-order valence-electron chi connectivity index (χ4n) is 2.35. The lowest BCUT2D eigenvalue weighted by Crippen LogP contribution is -2.30. The van der Waals surface area contributed by atoms with Crippen LogP contribution in [0.3, 0.4) is 0 Å². The molecule has 1 aliphatic carbocycles. The number of hydrogen-bond donors (Lipinski definition) is 1. The Labute approximate surface area is 122 Å². The van der Waals surface area contributed by atoms with Gasteiger partial charge in [0.2, 0.25) is 0 Å². The molecule has 0 radical (unpaired) electrons. The lowest BCUT2D eigenvalue weighted by atomic mass is 10.1. The van der Waals surface area contributed by atoms with E-state index in [2.05, 4.69) is 32.3 Å². The van der Waals surface area contributed by atoms with Gasteiger partial charge in [-0.05, 0) is 40.9 Å². The molecule has 0 amide bonds. The van der Waals surface area contributed by atoms with E-state index in [-0.39, 0.29) is 0 Å². The molecule has 1 aromatic heterocycles. The summed E-state index contributed by atoms with van der Waals surface area (Å²) < 4.78 is 1.04. The van der Waals surface area contributed by atoms with Crippen molar-refractivity contribution in [1.29, 1.82) is 0 Å². The van der Waals surface area contributed by atoms with Gasteiger partial charge in [-0.2, -0.15) is 0 Å². The van der Waals surface area contributed by atoms with Crippen molar-refractivity contribution in [3.8, 4) is 0 Å². The van der Waals surface area contributed by atoms with Gasteiger partial charge in [0.15, 0.2) is 0 Å². The topological polar surface area (TPSA) is 24.9 Å². The quantitative estimate of drug-likeness (QED) is 0.497. The molecule has 1 N–H and O–H groups in total. The second kappa shape index (κ2) is 8.18. The van der Waals surface area contributed by atoms with Crippen molar-refractivity contribution in [3.05, 3.63) is 22.8 Å². The summed E-state index contributed by atoms with van der Waals surface area (Å²) in [4.78, 5) is 4.37. The van der Waals surface area contributed by atoms with Crippen LogP contribution in [0.5, 0.6) is 0 Å². The van der Waals surface area contributed by atoms with E-state index in [1.54, 1.807) is 0 Å². The average molecular weight is 329 g/mol. The van der Waals surface area contributed by atoms with Gasteiger partial charge in [-0.25, -0.2) is 4.98 Å². The van der Waals surface area contributed by atoms with Gasteiger partial charge >= 0.3 is 0 Å². The number of rotatable bonds is 5. The first-order chi connectivity index (χ1) is 8.84. The fraction of sp³-hybridized carbons (Fsp3) is 0.643. The van der Waals surface area contributed by atoms with Crippen LogP contribution in [-0.2, 0) is 0 Å². The minimum atomic E-state index is 0.756. The zero-order valence-corrected chi connectivity index (χ0v) is 13.1. The normalized spacial score (nSPS) is 17.6. The van der Waals surface area contributed by atoms with E-state index in [1.165, 1.54) is 38.5 Å². The summed E-state index contributed by atoms with van der Waals surface area (Å²) in [5.74, 6) is 1.10. The van der Waals surface area contributed by atoms with Gasteiger partial charge in [-0.3, -0.25) is 0 Å². The van der Waals surface area contributed by atoms with Crippen molar-refractivity contribution < 1.29 is 0 Å². The zero-order chi connectivity index (χ0) is 12.6. The molecule has 2 nitrogen and oxygen atoms in total. The molecule has 0 bridgehead atoms. The maximum Gasteiger partial charge on any atom is 0.0961 e. The number of nitrogens with one attached hydrogen (secondary N) is 1. The van der Waals surface area contributed by atoms with E-state index in [0.717, 1.165) is 27.8 Å². The third-order valence-electron chi connectivity index (χ3n) is 3.34. The molecule has 1 saturated carbocycles. The van der Waals surface area contributed by atoms with E-state index < -0.39 is 0 Å². The maximum absolute atomic E-state index is 4.37. The van der Waals surface area contributed by atoms with Crippen molar-refractivity contribution in [3.63, 3.8) is 0 Å². The third-order valence-corrected chi connectivity index (χ3v) is 4.76. The van der Waals surface area contributed by atoms with Gasteiger partial charge in [-0.1, -0.05) is 25.7 Å². The number of aromatic nitrogens is 1. The summed E-state index contributed by atoms with van der Waals surface area (Å²) in [7, 11) is 0. The molecule has 0 saturated heterocycles. The lowest BCUT2D eigenvalue weighted by Gasteiger charge is -2.15. The highest BCUT2D eigenvalue weighted by Crippen LogP contribution is 2.19. The molecule has 100 valence electrons. The van der Waals surface area contributed by atoms with Crippen LogP contribution >= 0.6 is 27.7 Å². The summed E-state index contributed by atoms with van der Waals surface area (Å²) in [5, 5.41) is 4.80. The summed E-state index contributed by atoms with van der Waals surface area (Å²) in [6.07, 6.45) is 10.2. The number of thioether (sulfide) groups is 1. The standard InChI is InChI=1S/C14H21BrN2S/c15-12-7-8-14(17-11-12)18-10-9-16-13-5-3-1-2-4-6-13/h7-8,11,13,16H,1-6,9-10H2. The Bertz CT molecular complexity index is 334. The van der Waals surface area contributed by atoms with E-state index in [1.807, 2.05) is 24.0 Å². The molecule has 1 fully saturated rings. The Morgan fingerprint density at radius 3 is 2.67 bits per heavy atom. The monoisotopic (exact) mass is 328 g/mol. The third kappa shape index (κ3) is 5.29. The Morgan fingerprint density at radius 2 is 2.00 bits per heavy atom. The van der Waals surface area contributed by atoms with Gasteiger partial charge < -0.3 is 5.32 Å². The van der Waals surface area contributed by atoms with Crippen LogP contribution in [0.1, 0.15) is 38.5 Å². The Morgan fingerprint density at radius 1 is 1.22 bits per heavy atom. The summed E-state index contributed by atoms with van der Waals surface area (Å²) in [5.41, 5.74) is 0. The van der Waals surface area contributed by atoms with Gasteiger partial charge in [0.05, 0.1) is 5.03 Å². The molecule has 0 atom stereocenters. The SMILES string of the molecule is Brc1ccc(SCCNC2CCCCCC2)nc1. The zero-order valence-electron chi connectivity index (χ0n) is 10.7. The molecule has 1 aromatic rings. The van der Waals surface area contributed by atoms with Crippen molar-refractivity contribution in [2.75, 3.05) is 12.3 Å². The van der Waals surface area contributed by atoms with Crippen LogP contribution < -0.4 is 5.32 Å². The first kappa shape index (κ1) is 14.4. The van der Waals surface area contributed by atoms with E-state index >= 15 is 0 Å². The summed E-state index contributed by atoms with van der Waals surface area (Å²) >= 11 is 5.23. The Hall–Kier alpha value is -0.0600. The highest BCUT2D eigenvalue weighted by Gasteiger charge is 2.10. The number of halogens is 1. The van der Waals surface area contributed by atoms with Crippen LogP contribution in [0.15, 0.2) is 27.8 Å². The molecular formula is C14H21BrN2S. The molecule has 1 heterocycles. The van der Waals surface area contributed by atoms with Crippen LogP contribution in [0.2, 0.25) is 0 Å². The number of pyridine rings is 1. The van der Waals surface area contributed by atoms with Crippen molar-refractivity contribution >= 4 is 27.7 Å². The van der Waals surface area contributed by atoms with E-state index in [9.17, 15) is 0 Å². The van der Waals surface area contributed by atoms with Gasteiger partial charge in [0.1, 0.15) is 0 Å². The number of nitrogens with zero attached hydrogens (tertiary/aromatic N) is 1. The molecule has 0 aliphatic heterocycles. The summed E-state index contributed by atoms with van der Waals surface area (Å²) in [6, 6.07) is 4.88. The second-order valence-corrected chi connectivity index (χ2v) is 6.84. The van der Waals surface area contributed by atoms with Crippen LogP contribution in [0, 0.1) is 0 Å². The largest absolute Gasteiger partial charge is 0.313 e. The van der Waals surface area contributed by atoms with Crippen molar-refractivity contribution in [2.24, 2.45) is 0 Å². The molecule has 0 spiro atoms. The van der Waals surface area contributed by atoms with Crippen LogP contribution in [0.4, 0.5) is 0 Å². The van der Waals surface area contributed by atoms with Crippen LogP contribution in [0.25, 0.3) is 0 Å². The van der Waals surface area contributed by atoms with Crippen molar-refractivity contribution in [2.45, 2.75) is 49.6 Å². The maximum atomic E-state index is 4.37. The Kier molecular flexibility index (Phi) is 6.52. The number of hydrogen-bond acceptors (Lipinski definition) is 3. The van der Waals surface area contributed by atoms with E-state index in [4.69, 9.17) is 0 Å². The van der Waals surface area contributed by atoms with Crippen molar-refractivity contribution in [1.82, 2.24) is 10.3 Å². The van der Waals surface area contributed by atoms with Gasteiger partial charge in [0, 0.05) is 29.0 Å². The first-order valence-corrected chi connectivity index (χ1v) is 8.60. The molecule has 4 heteroatoms. The van der Waals surface area contributed by atoms with E-state index in [0.29, 0.717) is 0 Å². The van der Waals surface area contributed by atoms with Gasteiger partial charge in [-0.15, -0.1) is 11.8 Å². The average Bonchev–Trinajstić information content (AvgIpc) is 2.65. The molecule has 0 aromatic carbocycles. The predicted molar refractivity (Wildman–Crippen MR) is 82.2 cm³/mol. The summed E-state index contributed by atoms with van der Waals surface area (Å²) in [6.45, 7) is 1.09. The first-order valence-electron chi connectivity index (χ1n) is 6.82. The minimum absolute atomic E-state index is 0.756. The predicted octanol–water partition coefficient (Wildman–Crippen LogP) is 4.25. The lowest BCUT2D eigenvalue weighted by molar-refractivity contribution is 0.474. The Balaban J connectivity index is 1.61. The molecule has 1 aliphatic rings. The molecular weight excluding hydrogens is 308 g/mol. The highest BCUT2D eigenvalue weighted by molar-refractivity contribution is 9.10. The van der Waals surface area contributed by atoms with Crippen LogP contribution in [-0.4, -0.2) is 23.3 Å². The minimum Gasteiger partial charge on any atom is -0.313 e. The van der Waals surface area contributed by atoms with Gasteiger partial charge in [0.25, 0.3) is 0 Å². The molecule has 18 heavy (non-hydrogen) atoms. The second-order valence-electron chi connectivity index (χ2n) is 4.81. The molecule has 2 rings (SSSR count). The highest BCUT2D eigenvalue weighted by atomic mass is 79.9. The smallest absolute Gasteiger partial charge is 0.0961 e. The molecule has 0 unspecified atom stereocenters. The fourth-order valence-corrected chi connectivity index (χ4v) is 3.30.